The van der Waals surface area contributed by atoms with Gasteiger partial charge in [0.25, 0.3) is 0 Å². The summed E-state index contributed by atoms with van der Waals surface area (Å²) in [5.74, 6) is 0.167. The van der Waals surface area contributed by atoms with Gasteiger partial charge in [0.15, 0.2) is 28.9 Å². The number of aryl methyl sites for hydroxylation is 1. The molecule has 2 aliphatic rings. The zero-order valence-electron chi connectivity index (χ0n) is 21.9. The first-order chi connectivity index (χ1) is 18.9. The zero-order chi connectivity index (χ0) is 27.0. The second-order valence-electron chi connectivity index (χ2n) is 9.97. The predicted octanol–water partition coefficient (Wildman–Crippen LogP) is 3.94. The summed E-state index contributed by atoms with van der Waals surface area (Å²) in [5, 5.41) is 11.6. The molecule has 6 rings (SSSR count). The van der Waals surface area contributed by atoms with E-state index in [4.69, 9.17) is 23.7 Å². The molecule has 2 aromatic heterocycles. The number of nitrogens with zero attached hydrogens (tertiary/aromatic N) is 3. The van der Waals surface area contributed by atoms with Crippen molar-refractivity contribution in [2.45, 2.75) is 31.7 Å². The second kappa shape index (κ2) is 10.6. The highest BCUT2D eigenvalue weighted by molar-refractivity contribution is 5.87. The molecular formula is C28H31FN4O6. The number of fused-ring (bicyclic) bond motifs is 2. The van der Waals surface area contributed by atoms with Crippen molar-refractivity contribution in [3.05, 3.63) is 48.2 Å². The third-order valence-corrected chi connectivity index (χ3v) is 7.26. The number of piperidine rings is 1. The molecule has 2 aromatic carbocycles. The molecule has 2 aliphatic heterocycles. The Hall–Kier alpha value is -3.51. The third-order valence-electron chi connectivity index (χ3n) is 7.26. The van der Waals surface area contributed by atoms with E-state index in [1.54, 1.807) is 30.3 Å². The van der Waals surface area contributed by atoms with Crippen LogP contribution >= 0.6 is 0 Å². The van der Waals surface area contributed by atoms with E-state index in [-0.39, 0.29) is 18.2 Å². The summed E-state index contributed by atoms with van der Waals surface area (Å²) in [5.41, 5.74) is 2.08. The van der Waals surface area contributed by atoms with Crippen LogP contribution in [0.1, 0.15) is 18.5 Å². The highest BCUT2D eigenvalue weighted by atomic mass is 19.1. The smallest absolute Gasteiger partial charge is 0.230 e. The summed E-state index contributed by atoms with van der Waals surface area (Å²) in [4.78, 5) is 13.9. The molecule has 206 valence electrons. The Bertz CT molecular complexity index is 1480. The van der Waals surface area contributed by atoms with Gasteiger partial charge in [-0.15, -0.1) is 0 Å². The number of ether oxygens (including phenoxy) is 5. The maximum atomic E-state index is 15.1. The maximum Gasteiger partial charge on any atom is 0.230 e. The minimum absolute atomic E-state index is 0.0543. The van der Waals surface area contributed by atoms with Gasteiger partial charge in [-0.1, -0.05) is 0 Å². The molecule has 1 spiro atoms. The number of aliphatic hydroxyl groups excluding tert-OH is 1. The molecule has 0 bridgehead atoms. The van der Waals surface area contributed by atoms with Crippen molar-refractivity contribution in [3.8, 4) is 23.1 Å². The number of nitrogens with one attached hydrogen (secondary N) is 1. The fraction of sp³-hybridized carbons (Fsp3) is 0.429. The predicted molar refractivity (Wildman–Crippen MR) is 141 cm³/mol. The number of hydrogen-bond acceptors (Lipinski definition) is 9. The fourth-order valence-electron chi connectivity index (χ4n) is 5.26. The Morgan fingerprint density at radius 1 is 1.08 bits per heavy atom. The third kappa shape index (κ3) is 5.22. The monoisotopic (exact) mass is 538 g/mol. The Kier molecular flexibility index (Phi) is 6.98. The molecule has 0 radical (unpaired) electrons. The lowest BCUT2D eigenvalue weighted by Gasteiger charge is -2.38. The Morgan fingerprint density at radius 2 is 1.87 bits per heavy atom. The fourth-order valence-corrected chi connectivity index (χ4v) is 5.26. The van der Waals surface area contributed by atoms with E-state index in [0.29, 0.717) is 53.1 Å². The molecule has 10 nitrogen and oxygen atoms in total. The number of rotatable bonds is 8. The van der Waals surface area contributed by atoms with Crippen LogP contribution < -0.4 is 14.2 Å². The van der Waals surface area contributed by atoms with Crippen molar-refractivity contribution >= 4 is 21.8 Å². The van der Waals surface area contributed by atoms with Gasteiger partial charge in [0.2, 0.25) is 5.88 Å². The molecule has 1 unspecified atom stereocenters. The van der Waals surface area contributed by atoms with Crippen LogP contribution in [0.5, 0.6) is 23.1 Å². The number of benzene rings is 2. The summed E-state index contributed by atoms with van der Waals surface area (Å²) in [6.07, 6.45) is 2.21. The normalized spacial score (nSPS) is 18.2. The van der Waals surface area contributed by atoms with Crippen molar-refractivity contribution < 1.29 is 33.2 Å². The lowest BCUT2D eigenvalue weighted by Crippen LogP contribution is -2.47. The number of aromatic amines is 1. The first-order valence-electron chi connectivity index (χ1n) is 13.0. The van der Waals surface area contributed by atoms with Gasteiger partial charge in [0, 0.05) is 55.1 Å². The first-order valence-corrected chi connectivity index (χ1v) is 13.0. The molecule has 2 saturated heterocycles. The van der Waals surface area contributed by atoms with Crippen molar-refractivity contribution in [3.63, 3.8) is 0 Å². The van der Waals surface area contributed by atoms with Gasteiger partial charge >= 0.3 is 0 Å². The SMILES string of the molecule is COc1cc2c(Oc3ccc4[nH]c(C)cc4c3F)ncnc2cc1OCC(O)CN1CCC2(CC1)OCCO2. The van der Waals surface area contributed by atoms with E-state index < -0.39 is 17.7 Å². The highest BCUT2D eigenvalue weighted by Gasteiger charge is 2.39. The zero-order valence-corrected chi connectivity index (χ0v) is 21.9. The van der Waals surface area contributed by atoms with Gasteiger partial charge in [-0.05, 0) is 31.2 Å². The van der Waals surface area contributed by atoms with Crippen LogP contribution in [0, 0.1) is 12.7 Å². The topological polar surface area (TPSA) is 111 Å². The highest BCUT2D eigenvalue weighted by Crippen LogP contribution is 2.37. The Balaban J connectivity index is 1.15. The van der Waals surface area contributed by atoms with E-state index in [9.17, 15) is 5.11 Å². The van der Waals surface area contributed by atoms with Crippen LogP contribution in [0.4, 0.5) is 4.39 Å². The van der Waals surface area contributed by atoms with Gasteiger partial charge in [0.05, 0.1) is 31.2 Å². The molecule has 11 heteroatoms. The molecule has 2 fully saturated rings. The standard InChI is InChI=1S/C28H31FN4O6/c1-17-11-19-21(32-17)3-4-23(26(19)29)39-27-20-12-24(35-2)25(13-22(20)30-16-31-27)36-15-18(34)14-33-7-5-28(6-8-33)37-9-10-38-28/h3-4,11-13,16,18,32,34H,5-10,14-15H2,1-2H3. The van der Waals surface area contributed by atoms with Crippen molar-refractivity contribution in [2.75, 3.05) is 46.6 Å². The average molecular weight is 539 g/mol. The molecule has 1 atom stereocenters. The summed E-state index contributed by atoms with van der Waals surface area (Å²) >= 11 is 0. The number of methoxy groups -OCH3 is 1. The molecule has 39 heavy (non-hydrogen) atoms. The number of halogens is 1. The van der Waals surface area contributed by atoms with Gasteiger partial charge in [-0.3, -0.25) is 0 Å². The molecule has 2 N–H and O–H groups in total. The summed E-state index contributed by atoms with van der Waals surface area (Å²) < 4.78 is 44.1. The van der Waals surface area contributed by atoms with Gasteiger partial charge in [-0.2, -0.15) is 0 Å². The van der Waals surface area contributed by atoms with E-state index >= 15 is 4.39 Å². The first kappa shape index (κ1) is 25.8. The van der Waals surface area contributed by atoms with Crippen molar-refractivity contribution in [1.29, 1.82) is 0 Å². The molecule has 0 amide bonds. The number of aromatic nitrogens is 3. The molecule has 4 heterocycles. The molecule has 0 saturated carbocycles. The van der Waals surface area contributed by atoms with Crippen molar-refractivity contribution in [1.82, 2.24) is 19.9 Å². The maximum absolute atomic E-state index is 15.1. The minimum atomic E-state index is -0.705. The van der Waals surface area contributed by atoms with Crippen LogP contribution in [0.3, 0.4) is 0 Å². The van der Waals surface area contributed by atoms with E-state index in [1.165, 1.54) is 13.4 Å². The van der Waals surface area contributed by atoms with Crippen LogP contribution in [0.15, 0.2) is 36.7 Å². The van der Waals surface area contributed by atoms with Crippen LogP contribution in [-0.2, 0) is 9.47 Å². The van der Waals surface area contributed by atoms with Crippen LogP contribution in [-0.4, -0.2) is 83.4 Å². The lowest BCUT2D eigenvalue weighted by molar-refractivity contribution is -0.186. The average Bonchev–Trinajstić information content (AvgIpc) is 3.56. The number of hydrogen-bond donors (Lipinski definition) is 2. The van der Waals surface area contributed by atoms with Gasteiger partial charge in [0.1, 0.15) is 19.0 Å². The summed E-state index contributed by atoms with van der Waals surface area (Å²) in [6, 6.07) is 8.45. The Labute approximate surface area is 224 Å². The molecular weight excluding hydrogens is 507 g/mol. The van der Waals surface area contributed by atoms with Crippen LogP contribution in [0.2, 0.25) is 0 Å². The largest absolute Gasteiger partial charge is 0.493 e. The van der Waals surface area contributed by atoms with E-state index in [2.05, 4.69) is 19.9 Å². The van der Waals surface area contributed by atoms with E-state index in [0.717, 1.165) is 31.6 Å². The number of likely N-dealkylation sites (tertiary alicyclic amines) is 1. The molecule has 0 aliphatic carbocycles. The van der Waals surface area contributed by atoms with E-state index in [1.807, 2.05) is 6.92 Å². The second-order valence-corrected chi connectivity index (χ2v) is 9.97. The van der Waals surface area contributed by atoms with Crippen LogP contribution in [0.25, 0.3) is 21.8 Å². The molecule has 4 aromatic rings. The number of aliphatic hydroxyl groups is 1. The lowest BCUT2D eigenvalue weighted by atomic mass is 10.0. The number of β-amino-alcohol motifs (C(OH)–C–C–N with tert-alkyl or cyclic N) is 1. The van der Waals surface area contributed by atoms with Crippen molar-refractivity contribution in [2.24, 2.45) is 0 Å². The summed E-state index contributed by atoms with van der Waals surface area (Å²) in [7, 11) is 1.52. The summed E-state index contributed by atoms with van der Waals surface area (Å²) in [6.45, 7) is 5.27. The van der Waals surface area contributed by atoms with Gasteiger partial charge < -0.3 is 38.7 Å². The minimum Gasteiger partial charge on any atom is -0.493 e. The quantitative estimate of drug-likeness (QED) is 0.345. The Morgan fingerprint density at radius 3 is 2.64 bits per heavy atom. The van der Waals surface area contributed by atoms with Gasteiger partial charge in [-0.25, -0.2) is 14.4 Å². The number of H-pyrrole nitrogens is 1.